The molecule has 3 aromatic carbocycles. The molecule has 0 unspecified atom stereocenters. The van der Waals surface area contributed by atoms with Crippen LogP contribution in [0.25, 0.3) is 0 Å². The molecular formula is C21H13N5O. The lowest BCUT2D eigenvalue weighted by Crippen LogP contribution is -2.11. The molecule has 0 aliphatic heterocycles. The molecule has 1 N–H and O–H groups in total. The van der Waals surface area contributed by atoms with Crippen LogP contribution in [-0.2, 0) is 0 Å². The van der Waals surface area contributed by atoms with Gasteiger partial charge in [-0.05, 0) is 54.6 Å². The Labute approximate surface area is 156 Å². The van der Waals surface area contributed by atoms with E-state index in [-0.39, 0.29) is 11.5 Å². The number of hydrogen-bond acceptors (Lipinski definition) is 5. The van der Waals surface area contributed by atoms with Crippen molar-refractivity contribution in [3.8, 4) is 12.1 Å². The van der Waals surface area contributed by atoms with Crippen LogP contribution < -0.4 is 5.32 Å². The van der Waals surface area contributed by atoms with Crippen LogP contribution in [0.4, 0.5) is 17.1 Å². The van der Waals surface area contributed by atoms with Crippen molar-refractivity contribution in [2.75, 3.05) is 5.32 Å². The Kier molecular flexibility index (Phi) is 5.32. The minimum Gasteiger partial charge on any atom is -0.322 e. The fourth-order valence-electron chi connectivity index (χ4n) is 2.30. The first-order valence-electron chi connectivity index (χ1n) is 8.02. The average molecular weight is 351 g/mol. The number of benzene rings is 3. The largest absolute Gasteiger partial charge is 0.322 e. The van der Waals surface area contributed by atoms with Crippen molar-refractivity contribution < 1.29 is 4.79 Å². The predicted octanol–water partition coefficient (Wildman–Crippen LogP) is 5.10. The molecule has 6 heteroatoms. The highest BCUT2D eigenvalue weighted by molar-refractivity contribution is 6.04. The summed E-state index contributed by atoms with van der Waals surface area (Å²) in [6.07, 6.45) is 0. The lowest BCUT2D eigenvalue weighted by atomic mass is 10.1. The molecule has 0 spiro atoms. The summed E-state index contributed by atoms with van der Waals surface area (Å²) in [4.78, 5) is 12.1. The smallest absolute Gasteiger partial charge is 0.255 e. The van der Waals surface area contributed by atoms with Gasteiger partial charge in [0.05, 0.1) is 22.9 Å². The van der Waals surface area contributed by atoms with Crippen LogP contribution in [0.3, 0.4) is 0 Å². The van der Waals surface area contributed by atoms with Crippen LogP contribution >= 0.6 is 0 Å². The van der Waals surface area contributed by atoms with E-state index in [4.69, 9.17) is 10.5 Å². The van der Waals surface area contributed by atoms with Crippen molar-refractivity contribution in [1.82, 2.24) is 0 Å². The normalized spacial score (nSPS) is 10.1. The SMILES string of the molecule is N#Cc1ccc(N=Nc2ccc(NC(=O)c3ccccc3)cc2)c(C#N)c1. The molecule has 1 amide bonds. The summed E-state index contributed by atoms with van der Waals surface area (Å²) < 4.78 is 0. The standard InChI is InChI=1S/C21H13N5O/c22-13-15-6-11-20(17(12-15)14-23)26-25-19-9-7-18(8-10-19)24-21(27)16-4-2-1-3-5-16/h1-12H,(H,24,27). The zero-order chi connectivity index (χ0) is 19.1. The van der Waals surface area contributed by atoms with E-state index in [1.54, 1.807) is 60.7 Å². The number of nitrogens with zero attached hydrogens (tertiary/aromatic N) is 4. The van der Waals surface area contributed by atoms with Crippen LogP contribution in [-0.4, -0.2) is 5.91 Å². The Bertz CT molecular complexity index is 1070. The Balaban J connectivity index is 1.71. The molecule has 0 saturated carbocycles. The van der Waals surface area contributed by atoms with Gasteiger partial charge < -0.3 is 5.32 Å². The number of anilines is 1. The lowest BCUT2D eigenvalue weighted by Gasteiger charge is -2.05. The van der Waals surface area contributed by atoms with Gasteiger partial charge in [-0.15, -0.1) is 5.11 Å². The van der Waals surface area contributed by atoms with E-state index in [1.807, 2.05) is 18.2 Å². The maximum atomic E-state index is 12.1. The number of carbonyl (C=O) groups is 1. The minimum absolute atomic E-state index is 0.193. The van der Waals surface area contributed by atoms with Crippen molar-refractivity contribution in [1.29, 1.82) is 10.5 Å². The highest BCUT2D eigenvalue weighted by Gasteiger charge is 2.05. The molecule has 3 aromatic rings. The van der Waals surface area contributed by atoms with E-state index >= 15 is 0 Å². The molecule has 3 rings (SSSR count). The molecule has 0 bridgehead atoms. The summed E-state index contributed by atoms with van der Waals surface area (Å²) in [5.74, 6) is -0.193. The average Bonchev–Trinajstić information content (AvgIpc) is 2.73. The van der Waals surface area contributed by atoms with Crippen LogP contribution in [0.1, 0.15) is 21.5 Å². The molecular weight excluding hydrogens is 338 g/mol. The van der Waals surface area contributed by atoms with Gasteiger partial charge in [-0.2, -0.15) is 15.6 Å². The molecule has 6 nitrogen and oxygen atoms in total. The number of carbonyl (C=O) groups excluding carboxylic acids is 1. The van der Waals surface area contributed by atoms with Gasteiger partial charge in [0.1, 0.15) is 11.8 Å². The molecule has 0 fully saturated rings. The van der Waals surface area contributed by atoms with Crippen LogP contribution in [0.5, 0.6) is 0 Å². The number of amides is 1. The third-order valence-corrected chi connectivity index (χ3v) is 3.68. The second-order valence-electron chi connectivity index (χ2n) is 5.52. The van der Waals surface area contributed by atoms with E-state index in [1.165, 1.54) is 6.07 Å². The summed E-state index contributed by atoms with van der Waals surface area (Å²) in [5.41, 5.74) is 2.84. The first-order valence-corrected chi connectivity index (χ1v) is 8.02. The molecule has 0 atom stereocenters. The summed E-state index contributed by atoms with van der Waals surface area (Å²) >= 11 is 0. The zero-order valence-corrected chi connectivity index (χ0v) is 14.1. The van der Waals surface area contributed by atoms with Gasteiger partial charge in [-0.1, -0.05) is 18.2 Å². The third kappa shape index (κ3) is 4.41. The van der Waals surface area contributed by atoms with Crippen LogP contribution in [0.2, 0.25) is 0 Å². The molecule has 0 aliphatic rings. The Hall–Kier alpha value is -4.29. The number of rotatable bonds is 4. The van der Waals surface area contributed by atoms with E-state index in [0.29, 0.717) is 28.2 Å². The first-order chi connectivity index (χ1) is 13.2. The molecule has 0 aromatic heterocycles. The fraction of sp³-hybridized carbons (Fsp3) is 0. The summed E-state index contributed by atoms with van der Waals surface area (Å²) in [6, 6.07) is 24.4. The maximum absolute atomic E-state index is 12.1. The monoisotopic (exact) mass is 351 g/mol. The van der Waals surface area contributed by atoms with Gasteiger partial charge in [-0.25, -0.2) is 0 Å². The van der Waals surface area contributed by atoms with Gasteiger partial charge in [0.15, 0.2) is 0 Å². The number of azo groups is 1. The molecule has 128 valence electrons. The number of nitrogens with one attached hydrogen (secondary N) is 1. The maximum Gasteiger partial charge on any atom is 0.255 e. The number of hydrogen-bond donors (Lipinski definition) is 1. The third-order valence-electron chi connectivity index (χ3n) is 3.68. The van der Waals surface area contributed by atoms with Crippen molar-refractivity contribution in [3.63, 3.8) is 0 Å². The second kappa shape index (κ2) is 8.19. The van der Waals surface area contributed by atoms with Crippen molar-refractivity contribution in [2.24, 2.45) is 10.2 Å². The molecule has 0 heterocycles. The minimum atomic E-state index is -0.193. The lowest BCUT2D eigenvalue weighted by molar-refractivity contribution is 0.102. The summed E-state index contributed by atoms with van der Waals surface area (Å²) in [6.45, 7) is 0. The van der Waals surface area contributed by atoms with Crippen LogP contribution in [0.15, 0.2) is 83.0 Å². The molecule has 27 heavy (non-hydrogen) atoms. The van der Waals surface area contributed by atoms with Gasteiger partial charge in [0, 0.05) is 11.3 Å². The molecule has 0 aliphatic carbocycles. The van der Waals surface area contributed by atoms with E-state index in [9.17, 15) is 4.79 Å². The van der Waals surface area contributed by atoms with Gasteiger partial charge in [-0.3, -0.25) is 4.79 Å². The summed E-state index contributed by atoms with van der Waals surface area (Å²) in [7, 11) is 0. The predicted molar refractivity (Wildman–Crippen MR) is 101 cm³/mol. The quantitative estimate of drug-likeness (QED) is 0.662. The second-order valence-corrected chi connectivity index (χ2v) is 5.52. The molecule has 0 radical (unpaired) electrons. The molecule has 0 saturated heterocycles. The highest BCUT2D eigenvalue weighted by Crippen LogP contribution is 2.24. The van der Waals surface area contributed by atoms with Crippen LogP contribution in [0, 0.1) is 22.7 Å². The van der Waals surface area contributed by atoms with Crippen molar-refractivity contribution in [3.05, 3.63) is 89.5 Å². The topological polar surface area (TPSA) is 101 Å². The van der Waals surface area contributed by atoms with Crippen molar-refractivity contribution >= 4 is 23.0 Å². The fourth-order valence-corrected chi connectivity index (χ4v) is 2.30. The van der Waals surface area contributed by atoms with E-state index < -0.39 is 0 Å². The van der Waals surface area contributed by atoms with E-state index in [2.05, 4.69) is 15.5 Å². The summed E-state index contributed by atoms with van der Waals surface area (Å²) in [5, 5.41) is 29.0. The van der Waals surface area contributed by atoms with Crippen molar-refractivity contribution in [2.45, 2.75) is 0 Å². The Morgan fingerprint density at radius 3 is 2.26 bits per heavy atom. The first kappa shape index (κ1) is 17.5. The number of nitriles is 2. The van der Waals surface area contributed by atoms with Gasteiger partial charge in [0.25, 0.3) is 5.91 Å². The zero-order valence-electron chi connectivity index (χ0n) is 14.1. The van der Waals surface area contributed by atoms with Gasteiger partial charge in [0.2, 0.25) is 0 Å². The highest BCUT2D eigenvalue weighted by atomic mass is 16.1. The van der Waals surface area contributed by atoms with Gasteiger partial charge >= 0.3 is 0 Å². The Morgan fingerprint density at radius 2 is 1.59 bits per heavy atom. The Morgan fingerprint density at radius 1 is 0.852 bits per heavy atom. The van der Waals surface area contributed by atoms with E-state index in [0.717, 1.165) is 0 Å².